The smallest absolute Gasteiger partial charge is 0.170 e. The van der Waals surface area contributed by atoms with Gasteiger partial charge < -0.3 is 4.43 Å². The average molecular weight is 241 g/mol. The maximum absolute atomic E-state index is 5.42. The molecule has 0 rings (SSSR count). The van der Waals surface area contributed by atoms with E-state index >= 15 is 0 Å². The number of hydrogen-bond acceptors (Lipinski definition) is 1. The van der Waals surface area contributed by atoms with Crippen LogP contribution in [-0.4, -0.2) is 21.0 Å². The Kier molecular flexibility index (Phi) is 17.1. The van der Waals surface area contributed by atoms with Gasteiger partial charge in [-0.15, -0.1) is 0 Å². The zero-order chi connectivity index (χ0) is 9.11. The minimum Gasteiger partial charge on any atom is -0.421 e. The van der Waals surface area contributed by atoms with E-state index in [1.165, 1.54) is 12.8 Å². The van der Waals surface area contributed by atoms with Crippen LogP contribution in [0.4, 0.5) is 0 Å². The van der Waals surface area contributed by atoms with Crippen LogP contribution in [-0.2, 0) is 4.43 Å². The van der Waals surface area contributed by atoms with Gasteiger partial charge in [-0.2, -0.15) is 0 Å². The van der Waals surface area contributed by atoms with Crippen molar-refractivity contribution in [2.45, 2.75) is 39.8 Å². The molecule has 0 atom stereocenters. The maximum Gasteiger partial charge on any atom is 0.170 e. The summed E-state index contributed by atoms with van der Waals surface area (Å²) in [4.78, 5) is 0. The van der Waals surface area contributed by atoms with Gasteiger partial charge in [-0.05, 0) is 19.5 Å². The van der Waals surface area contributed by atoms with Gasteiger partial charge >= 0.3 is 0 Å². The highest BCUT2D eigenvalue weighted by Crippen LogP contribution is 1.89. The molecular formula is C8H21BrOSi. The summed E-state index contributed by atoms with van der Waals surface area (Å²) in [6.45, 7) is 9.62. The lowest BCUT2D eigenvalue weighted by atomic mass is 10.4. The summed E-state index contributed by atoms with van der Waals surface area (Å²) in [6, 6.07) is 0. The summed E-state index contributed by atoms with van der Waals surface area (Å²) in [6.07, 6.45) is 2.48. The van der Waals surface area contributed by atoms with Crippen molar-refractivity contribution in [1.82, 2.24) is 0 Å². The summed E-state index contributed by atoms with van der Waals surface area (Å²) in [5.74, 6) is 0. The zero-order valence-electron chi connectivity index (χ0n) is 8.19. The summed E-state index contributed by atoms with van der Waals surface area (Å²) in [7, 11) is -0.702. The second-order valence-electron chi connectivity index (χ2n) is 2.54. The Hall–Kier alpha value is 0.657. The van der Waals surface area contributed by atoms with Gasteiger partial charge in [-0.3, -0.25) is 0 Å². The van der Waals surface area contributed by atoms with Gasteiger partial charge in [0.25, 0.3) is 0 Å². The molecule has 0 heterocycles. The maximum atomic E-state index is 5.42. The highest BCUT2D eigenvalue weighted by molar-refractivity contribution is 9.09. The van der Waals surface area contributed by atoms with Crippen molar-refractivity contribution in [2.75, 3.05) is 11.9 Å². The molecule has 0 fully saturated rings. The van der Waals surface area contributed by atoms with Crippen LogP contribution in [0.15, 0.2) is 0 Å². The van der Waals surface area contributed by atoms with Crippen molar-refractivity contribution in [2.24, 2.45) is 0 Å². The van der Waals surface area contributed by atoms with Gasteiger partial charge in [0.15, 0.2) is 9.04 Å². The number of unbranched alkanes of at least 4 members (excludes halogenated alkanes) is 1. The first-order valence-electron chi connectivity index (χ1n) is 4.36. The van der Waals surface area contributed by atoms with E-state index in [-0.39, 0.29) is 0 Å². The summed E-state index contributed by atoms with van der Waals surface area (Å²) in [5, 5.41) is 1.06. The predicted octanol–water partition coefficient (Wildman–Crippen LogP) is 3.19. The molecule has 0 aliphatic heterocycles. The van der Waals surface area contributed by atoms with E-state index in [2.05, 4.69) is 35.9 Å². The van der Waals surface area contributed by atoms with Gasteiger partial charge in [0, 0.05) is 11.9 Å². The lowest BCUT2D eigenvalue weighted by Crippen LogP contribution is -2.07. The first-order chi connectivity index (χ1) is 5.18. The van der Waals surface area contributed by atoms with Crippen LogP contribution in [0.5, 0.6) is 0 Å². The molecule has 0 radical (unpaired) electrons. The molecule has 0 aromatic carbocycles. The van der Waals surface area contributed by atoms with E-state index in [9.17, 15) is 0 Å². The van der Waals surface area contributed by atoms with Gasteiger partial charge in [0.05, 0.1) is 0 Å². The van der Waals surface area contributed by atoms with Gasteiger partial charge in [0.2, 0.25) is 0 Å². The van der Waals surface area contributed by atoms with Crippen LogP contribution in [0.25, 0.3) is 0 Å². The molecule has 1 nitrogen and oxygen atoms in total. The topological polar surface area (TPSA) is 9.23 Å². The Labute approximate surface area is 81.4 Å². The van der Waals surface area contributed by atoms with Crippen molar-refractivity contribution in [3.8, 4) is 0 Å². The Bertz CT molecular complexity index is 60.1. The fourth-order valence-electron chi connectivity index (χ4n) is 0.463. The zero-order valence-corrected chi connectivity index (χ0v) is 10.9. The molecule has 3 heteroatoms. The summed E-state index contributed by atoms with van der Waals surface area (Å²) < 4.78 is 5.42. The minimum atomic E-state index is -0.702. The van der Waals surface area contributed by atoms with Crippen LogP contribution < -0.4 is 0 Å². The monoisotopic (exact) mass is 240 g/mol. The molecule has 0 aromatic rings. The van der Waals surface area contributed by atoms with Crippen LogP contribution in [0.1, 0.15) is 26.7 Å². The lowest BCUT2D eigenvalue weighted by Gasteiger charge is -2.03. The highest BCUT2D eigenvalue weighted by atomic mass is 79.9. The van der Waals surface area contributed by atoms with Crippen LogP contribution >= 0.6 is 15.9 Å². The van der Waals surface area contributed by atoms with Crippen LogP contribution in [0.3, 0.4) is 0 Å². The van der Waals surface area contributed by atoms with Crippen molar-refractivity contribution < 1.29 is 4.43 Å². The number of hydrogen-bond donors (Lipinski definition) is 0. The van der Waals surface area contributed by atoms with Gasteiger partial charge in [-0.25, -0.2) is 0 Å². The van der Waals surface area contributed by atoms with E-state index in [0.29, 0.717) is 0 Å². The van der Waals surface area contributed by atoms with Gasteiger partial charge in [0.1, 0.15) is 0 Å². The molecule has 0 spiro atoms. The first-order valence-corrected chi connectivity index (χ1v) is 8.26. The third kappa shape index (κ3) is 25.0. The van der Waals surface area contributed by atoms with Crippen molar-refractivity contribution >= 4 is 25.0 Å². The molecule has 0 bridgehead atoms. The van der Waals surface area contributed by atoms with E-state index < -0.39 is 9.04 Å². The normalized spacial score (nSPS) is 9.27. The standard InChI is InChI=1S/C6H16OSi.C2H5Br/c1-4-5-6-7-8(2)3;1-2-3/h8H,4-6H2,1-3H3;2H2,1H3. The molecule has 0 N–H and O–H groups in total. The number of rotatable bonds is 4. The second-order valence-corrected chi connectivity index (χ2v) is 6.09. The molecule has 0 saturated carbocycles. The lowest BCUT2D eigenvalue weighted by molar-refractivity contribution is 0.317. The molecular weight excluding hydrogens is 220 g/mol. The van der Waals surface area contributed by atoms with Crippen molar-refractivity contribution in [3.05, 3.63) is 0 Å². The summed E-state index contributed by atoms with van der Waals surface area (Å²) >= 11 is 3.15. The van der Waals surface area contributed by atoms with Crippen LogP contribution in [0.2, 0.25) is 13.1 Å². The third-order valence-corrected chi connectivity index (χ3v) is 1.85. The Morgan fingerprint density at radius 3 is 2.00 bits per heavy atom. The predicted molar refractivity (Wildman–Crippen MR) is 59.2 cm³/mol. The minimum absolute atomic E-state index is 0.702. The number of alkyl halides is 1. The molecule has 0 aromatic heterocycles. The molecule has 0 saturated heterocycles. The Morgan fingerprint density at radius 2 is 1.73 bits per heavy atom. The molecule has 0 aliphatic rings. The Morgan fingerprint density at radius 1 is 1.27 bits per heavy atom. The van der Waals surface area contributed by atoms with E-state index in [4.69, 9.17) is 4.43 Å². The van der Waals surface area contributed by atoms with E-state index in [1.54, 1.807) is 0 Å². The fourth-order valence-corrected chi connectivity index (χ4v) is 1.10. The molecule has 0 aliphatic carbocycles. The molecule has 70 valence electrons. The SMILES string of the molecule is CCBr.CCCCO[SiH](C)C. The van der Waals surface area contributed by atoms with E-state index in [1.807, 2.05) is 6.92 Å². The summed E-state index contributed by atoms with van der Waals surface area (Å²) in [5.41, 5.74) is 0. The highest BCUT2D eigenvalue weighted by Gasteiger charge is 1.91. The van der Waals surface area contributed by atoms with E-state index in [0.717, 1.165) is 11.9 Å². The number of halogens is 1. The second kappa shape index (κ2) is 13.3. The first kappa shape index (κ1) is 14.2. The van der Waals surface area contributed by atoms with Crippen LogP contribution in [0, 0.1) is 0 Å². The van der Waals surface area contributed by atoms with Gasteiger partial charge in [-0.1, -0.05) is 36.2 Å². The largest absolute Gasteiger partial charge is 0.421 e. The quantitative estimate of drug-likeness (QED) is 0.417. The molecule has 0 unspecified atom stereocenters. The molecule has 0 amide bonds. The fraction of sp³-hybridized carbons (Fsp3) is 1.00. The average Bonchev–Trinajstić information content (AvgIpc) is 1.89. The molecule has 11 heavy (non-hydrogen) atoms. The Balaban J connectivity index is 0. The van der Waals surface area contributed by atoms with Crippen molar-refractivity contribution in [1.29, 1.82) is 0 Å². The van der Waals surface area contributed by atoms with Crippen molar-refractivity contribution in [3.63, 3.8) is 0 Å². The third-order valence-electron chi connectivity index (χ3n) is 0.949.